The van der Waals surface area contributed by atoms with Gasteiger partial charge in [0.05, 0.1) is 0 Å². The first-order valence-electron chi connectivity index (χ1n) is 4.26. The van der Waals surface area contributed by atoms with Crippen LogP contribution in [0.4, 0.5) is 0 Å². The molecule has 1 amide bonds. The first-order valence-corrected chi connectivity index (χ1v) is 4.26. The molecule has 0 aromatic rings. The van der Waals surface area contributed by atoms with Crippen molar-refractivity contribution in [2.45, 2.75) is 19.8 Å². The molecule has 70 valence electrons. The van der Waals surface area contributed by atoms with E-state index in [1.165, 1.54) is 0 Å². The third kappa shape index (κ3) is 5.92. The van der Waals surface area contributed by atoms with Crippen LogP contribution < -0.4 is 10.6 Å². The summed E-state index contributed by atoms with van der Waals surface area (Å²) >= 11 is 0. The third-order valence-electron chi connectivity index (χ3n) is 1.53. The minimum atomic E-state index is -0.0422. The van der Waals surface area contributed by atoms with Gasteiger partial charge in [-0.05, 0) is 33.4 Å². The molecule has 2 N–H and O–H groups in total. The summed E-state index contributed by atoms with van der Waals surface area (Å²) in [6.45, 7) is 7.00. The molecule has 0 radical (unpaired) electrons. The Morgan fingerprint density at radius 3 is 2.42 bits per heavy atom. The Hall–Kier alpha value is -0.830. The van der Waals surface area contributed by atoms with Gasteiger partial charge in [-0.2, -0.15) is 0 Å². The van der Waals surface area contributed by atoms with Gasteiger partial charge in [0.25, 0.3) is 0 Å². The van der Waals surface area contributed by atoms with E-state index in [1.807, 2.05) is 7.05 Å². The van der Waals surface area contributed by atoms with Gasteiger partial charge in [0.2, 0.25) is 5.91 Å². The van der Waals surface area contributed by atoms with Crippen LogP contribution in [0.25, 0.3) is 0 Å². The highest BCUT2D eigenvalue weighted by molar-refractivity contribution is 5.91. The highest BCUT2D eigenvalue weighted by Crippen LogP contribution is 1.88. The Bertz CT molecular complexity index is 155. The second-order valence-corrected chi connectivity index (χ2v) is 2.85. The Morgan fingerprint density at radius 2 is 1.92 bits per heavy atom. The number of hydrogen-bond donors (Lipinski definition) is 2. The molecule has 0 aliphatic heterocycles. The van der Waals surface area contributed by atoms with E-state index in [2.05, 4.69) is 17.2 Å². The van der Waals surface area contributed by atoms with Crippen molar-refractivity contribution in [1.82, 2.24) is 10.6 Å². The van der Waals surface area contributed by atoms with Crippen molar-refractivity contribution in [3.63, 3.8) is 0 Å². The molecule has 3 nitrogen and oxygen atoms in total. The highest BCUT2D eigenvalue weighted by Gasteiger charge is 1.98. The van der Waals surface area contributed by atoms with Crippen molar-refractivity contribution in [3.05, 3.63) is 12.2 Å². The standard InChI is InChI=1S/C9H18N2O/c1-8(2)9(12)11-7-5-4-6-10-3/h10H,1,4-7H2,2-3H3,(H,11,12). The van der Waals surface area contributed by atoms with E-state index < -0.39 is 0 Å². The lowest BCUT2D eigenvalue weighted by Gasteiger charge is -2.03. The minimum Gasteiger partial charge on any atom is -0.352 e. The maximum atomic E-state index is 10.9. The first kappa shape index (κ1) is 11.2. The van der Waals surface area contributed by atoms with Crippen LogP contribution in [0.5, 0.6) is 0 Å². The van der Waals surface area contributed by atoms with Crippen LogP contribution in [0.15, 0.2) is 12.2 Å². The van der Waals surface area contributed by atoms with Crippen LogP contribution in [-0.4, -0.2) is 26.0 Å². The van der Waals surface area contributed by atoms with Crippen molar-refractivity contribution in [2.75, 3.05) is 20.1 Å². The molecule has 0 fully saturated rings. The van der Waals surface area contributed by atoms with Crippen molar-refractivity contribution >= 4 is 5.91 Å². The van der Waals surface area contributed by atoms with Gasteiger partial charge >= 0.3 is 0 Å². The number of unbranched alkanes of at least 4 members (excludes halogenated alkanes) is 1. The van der Waals surface area contributed by atoms with Gasteiger partial charge in [0, 0.05) is 12.1 Å². The average molecular weight is 170 g/mol. The van der Waals surface area contributed by atoms with Gasteiger partial charge in [-0.3, -0.25) is 4.79 Å². The lowest BCUT2D eigenvalue weighted by atomic mass is 10.3. The maximum absolute atomic E-state index is 10.9. The van der Waals surface area contributed by atoms with Crippen molar-refractivity contribution in [1.29, 1.82) is 0 Å². The van der Waals surface area contributed by atoms with E-state index in [1.54, 1.807) is 6.92 Å². The summed E-state index contributed by atoms with van der Waals surface area (Å²) in [4.78, 5) is 10.9. The first-order chi connectivity index (χ1) is 5.68. The van der Waals surface area contributed by atoms with Crippen molar-refractivity contribution < 1.29 is 4.79 Å². The van der Waals surface area contributed by atoms with Crippen molar-refractivity contribution in [3.8, 4) is 0 Å². The molecule has 12 heavy (non-hydrogen) atoms. The Morgan fingerprint density at radius 1 is 1.33 bits per heavy atom. The van der Waals surface area contributed by atoms with Gasteiger partial charge in [-0.1, -0.05) is 6.58 Å². The molecule has 0 unspecified atom stereocenters. The fourth-order valence-electron chi connectivity index (χ4n) is 0.780. The molecule has 0 aromatic carbocycles. The molecule has 0 aromatic heterocycles. The summed E-state index contributed by atoms with van der Waals surface area (Å²) < 4.78 is 0. The van der Waals surface area contributed by atoms with E-state index in [4.69, 9.17) is 0 Å². The Kier molecular flexibility index (Phi) is 6.38. The monoisotopic (exact) mass is 170 g/mol. The van der Waals surface area contributed by atoms with Crippen molar-refractivity contribution in [2.24, 2.45) is 0 Å². The van der Waals surface area contributed by atoms with Crippen LogP contribution in [0.2, 0.25) is 0 Å². The summed E-state index contributed by atoms with van der Waals surface area (Å²) in [6.07, 6.45) is 2.10. The lowest BCUT2D eigenvalue weighted by molar-refractivity contribution is -0.117. The fourth-order valence-corrected chi connectivity index (χ4v) is 0.780. The molecule has 3 heteroatoms. The molecular formula is C9H18N2O. The zero-order valence-corrected chi connectivity index (χ0v) is 7.94. The third-order valence-corrected chi connectivity index (χ3v) is 1.53. The number of carbonyl (C=O) groups excluding carboxylic acids is 1. The van der Waals surface area contributed by atoms with E-state index in [9.17, 15) is 4.79 Å². The quantitative estimate of drug-likeness (QED) is 0.454. The smallest absolute Gasteiger partial charge is 0.246 e. The molecule has 0 aliphatic rings. The topological polar surface area (TPSA) is 41.1 Å². The summed E-state index contributed by atoms with van der Waals surface area (Å²) in [6, 6.07) is 0. The van der Waals surface area contributed by atoms with Crippen LogP contribution in [-0.2, 0) is 4.79 Å². The second-order valence-electron chi connectivity index (χ2n) is 2.85. The predicted molar refractivity (Wildman–Crippen MR) is 51.0 cm³/mol. The minimum absolute atomic E-state index is 0.0422. The number of carbonyl (C=O) groups is 1. The van der Waals surface area contributed by atoms with Gasteiger partial charge in [0.15, 0.2) is 0 Å². The summed E-state index contributed by atoms with van der Waals surface area (Å²) in [5, 5.41) is 5.82. The zero-order valence-electron chi connectivity index (χ0n) is 7.94. The van der Waals surface area contributed by atoms with E-state index in [-0.39, 0.29) is 5.91 Å². The Labute approximate surface area is 74.2 Å². The van der Waals surface area contributed by atoms with E-state index in [0.717, 1.165) is 25.9 Å². The van der Waals surface area contributed by atoms with Gasteiger partial charge in [0.1, 0.15) is 0 Å². The average Bonchev–Trinajstić information content (AvgIpc) is 2.03. The summed E-state index contributed by atoms with van der Waals surface area (Å²) in [5.74, 6) is -0.0422. The molecule has 0 saturated heterocycles. The number of hydrogen-bond acceptors (Lipinski definition) is 2. The lowest BCUT2D eigenvalue weighted by Crippen LogP contribution is -2.25. The molecule has 0 atom stereocenters. The predicted octanol–water partition coefficient (Wildman–Crippen LogP) is 0.678. The van der Waals surface area contributed by atoms with E-state index in [0.29, 0.717) is 5.57 Å². The number of nitrogens with one attached hydrogen (secondary N) is 2. The summed E-state index contributed by atoms with van der Waals surface area (Å²) in [5.41, 5.74) is 0.573. The largest absolute Gasteiger partial charge is 0.352 e. The van der Waals surface area contributed by atoms with Gasteiger partial charge in [-0.25, -0.2) is 0 Å². The van der Waals surface area contributed by atoms with Crippen LogP contribution in [0.3, 0.4) is 0 Å². The van der Waals surface area contributed by atoms with E-state index >= 15 is 0 Å². The van der Waals surface area contributed by atoms with Gasteiger partial charge in [-0.15, -0.1) is 0 Å². The molecule has 0 saturated carbocycles. The zero-order chi connectivity index (χ0) is 9.40. The molecular weight excluding hydrogens is 152 g/mol. The molecule has 0 aliphatic carbocycles. The molecule has 0 rings (SSSR count). The normalized spacial score (nSPS) is 9.50. The maximum Gasteiger partial charge on any atom is 0.246 e. The van der Waals surface area contributed by atoms with Crippen LogP contribution >= 0.6 is 0 Å². The fraction of sp³-hybridized carbons (Fsp3) is 0.667. The number of rotatable bonds is 6. The second kappa shape index (κ2) is 6.85. The van der Waals surface area contributed by atoms with Crippen LogP contribution in [0, 0.1) is 0 Å². The van der Waals surface area contributed by atoms with Crippen LogP contribution in [0.1, 0.15) is 19.8 Å². The molecule has 0 spiro atoms. The number of amides is 1. The SMILES string of the molecule is C=C(C)C(=O)NCCCCNC. The molecule has 0 bridgehead atoms. The highest BCUT2D eigenvalue weighted by atomic mass is 16.1. The van der Waals surface area contributed by atoms with Gasteiger partial charge < -0.3 is 10.6 Å². The molecule has 0 heterocycles. The Balaban J connectivity index is 3.20. The summed E-state index contributed by atoms with van der Waals surface area (Å²) in [7, 11) is 1.92.